The van der Waals surface area contributed by atoms with Gasteiger partial charge in [0.15, 0.2) is 24.8 Å². The second-order valence-electron chi connectivity index (χ2n) is 28.9. The number of anilines is 1. The number of benzene rings is 4. The smallest absolute Gasteiger partial charge is 0.226 e. The molecule has 2 amide bonds. The summed E-state index contributed by atoms with van der Waals surface area (Å²) in [6.45, 7) is 8.45. The van der Waals surface area contributed by atoms with Crippen molar-refractivity contribution in [3.8, 4) is 0 Å². The lowest BCUT2D eigenvalue weighted by molar-refractivity contribution is -0.436. The van der Waals surface area contributed by atoms with Crippen LogP contribution in [0.5, 0.6) is 0 Å². The minimum Gasteiger partial charge on any atom is -0.394 e. The Bertz CT molecular complexity index is 3710. The highest BCUT2D eigenvalue weighted by atomic mass is 16.7. The van der Waals surface area contributed by atoms with Gasteiger partial charge in [-0.3, -0.25) is 9.59 Å². The molecule has 103 heavy (non-hydrogen) atoms. The summed E-state index contributed by atoms with van der Waals surface area (Å²) in [5.41, 5.74) is 5.50. The Labute approximate surface area is 599 Å². The normalized spacial score (nSPS) is 34.1. The number of hydrogen-bond donors (Lipinski definition) is 12. The Kier molecular flexibility index (Phi) is 25.5. The van der Waals surface area contributed by atoms with Gasteiger partial charge in [0.1, 0.15) is 97.7 Å². The van der Waals surface area contributed by atoms with Crippen molar-refractivity contribution in [2.75, 3.05) is 83.9 Å². The number of ether oxygens (including phenoxy) is 10. The lowest BCUT2D eigenvalue weighted by Crippen LogP contribution is -2.65. The molecule has 0 aliphatic carbocycles. The lowest BCUT2D eigenvalue weighted by atomic mass is 9.79. The minimum atomic E-state index is -1.59. The topological polar surface area (TPSA) is 359 Å². The molecule has 562 valence electrons. The van der Waals surface area contributed by atoms with E-state index in [0.29, 0.717) is 51.6 Å². The van der Waals surface area contributed by atoms with Gasteiger partial charge in [-0.25, -0.2) is 0 Å². The first kappa shape index (κ1) is 76.6. The molecule has 0 radical (unpaired) electrons. The third-order valence-electron chi connectivity index (χ3n) is 21.5. The first-order chi connectivity index (χ1) is 49.8. The van der Waals surface area contributed by atoms with E-state index in [1.165, 1.54) is 5.56 Å². The van der Waals surface area contributed by atoms with Crippen LogP contribution in [0.2, 0.25) is 0 Å². The second-order valence-corrected chi connectivity index (χ2v) is 28.9. The summed E-state index contributed by atoms with van der Waals surface area (Å²) in [6, 6.07) is 25.1. The zero-order valence-corrected chi connectivity index (χ0v) is 58.9. The van der Waals surface area contributed by atoms with Crippen molar-refractivity contribution < 1.29 is 113 Å². The predicted molar refractivity (Wildman–Crippen MR) is 377 cm³/mol. The van der Waals surface area contributed by atoms with Gasteiger partial charge in [0.2, 0.25) is 17.5 Å². The lowest BCUT2D eigenvalue weighted by Gasteiger charge is -2.47. The van der Waals surface area contributed by atoms with Crippen LogP contribution in [0.25, 0.3) is 21.5 Å². The molecule has 12 N–H and O–H groups in total. The van der Waals surface area contributed by atoms with Gasteiger partial charge in [-0.05, 0) is 97.7 Å². The molecule has 4 aromatic carbocycles. The van der Waals surface area contributed by atoms with Crippen molar-refractivity contribution in [2.45, 2.75) is 212 Å². The van der Waals surface area contributed by atoms with Crippen LogP contribution in [0.3, 0.4) is 0 Å². The van der Waals surface area contributed by atoms with Crippen LogP contribution < -0.4 is 15.5 Å². The zero-order valence-electron chi connectivity index (χ0n) is 58.9. The van der Waals surface area contributed by atoms with Crippen molar-refractivity contribution in [3.05, 3.63) is 132 Å². The summed E-state index contributed by atoms with van der Waals surface area (Å²) in [5.74, 6) is -0.334. The molecule has 0 spiro atoms. The van der Waals surface area contributed by atoms with Crippen molar-refractivity contribution in [1.82, 2.24) is 10.6 Å². The third-order valence-corrected chi connectivity index (χ3v) is 21.5. The van der Waals surface area contributed by atoms with E-state index in [-0.39, 0.29) is 64.2 Å². The number of nitrogens with zero attached hydrogens (tertiary/aromatic N) is 2. The van der Waals surface area contributed by atoms with Crippen LogP contribution in [0.15, 0.2) is 121 Å². The molecule has 0 aromatic heterocycles. The zero-order chi connectivity index (χ0) is 72.7. The Balaban J connectivity index is 0.673. The van der Waals surface area contributed by atoms with E-state index in [4.69, 9.17) is 47.4 Å². The number of allylic oxidation sites excluding steroid dienone is 8. The fourth-order valence-corrected chi connectivity index (χ4v) is 16.2. The number of carbonyl (C=O) groups excluding carboxylic acids is 2. The summed E-state index contributed by atoms with van der Waals surface area (Å²) < 4.78 is 62.8. The highest BCUT2D eigenvalue weighted by Crippen LogP contribution is 2.51. The third kappa shape index (κ3) is 16.3. The summed E-state index contributed by atoms with van der Waals surface area (Å²) in [4.78, 5) is 29.7. The number of amides is 2. The molecule has 26 nitrogen and oxygen atoms in total. The molecule has 26 heteroatoms. The molecule has 14 heterocycles. The van der Waals surface area contributed by atoms with Crippen LogP contribution in [-0.4, -0.2) is 275 Å². The van der Waals surface area contributed by atoms with Gasteiger partial charge in [-0.15, -0.1) is 0 Å². The first-order valence-electron chi connectivity index (χ1n) is 36.4. The van der Waals surface area contributed by atoms with Crippen LogP contribution in [0.4, 0.5) is 11.4 Å². The Morgan fingerprint density at radius 3 is 1.74 bits per heavy atom. The summed E-state index contributed by atoms with van der Waals surface area (Å²) in [6.07, 6.45) is -6.76. The van der Waals surface area contributed by atoms with E-state index in [9.17, 15) is 60.7 Å². The second kappa shape index (κ2) is 34.3. The first-order valence-corrected chi connectivity index (χ1v) is 36.4. The standard InChI is InChI=1S/C77H102N4O22/c1-76(2)56(80(48-28-26-44-18-10-12-20-46(44)60(48)76)34-30-58(86)78-32-16-38-96-68-51-23-15-37-94-69-52(40-82)100-74(65(91)64(69)90)102-72(66(68)92)55(43-85)99-51)24-8-6-5-7-9-25-57-77(3,4)61-47-21-13-11-19-45(47)27-29-49(61)81(57)35-31-59(87)79-33-17-39-97-73-67(93)70-53(41-83)101-75(73)103-71-54(42-84)98-50(22-14-36-95-70)62(88)63(71)89/h5-13,18-21,24-29,50-55,62-75,82-85,88-93H,14-17,22-23,30-43H2,1-4H3,(H-,78,79,86,87)/p+1/t50?,51-,52-,53-,54-,55-,62+,63-,64-,65-,66-,67+,68+,69?,70-,71?,72?,73-,74?,75-/m1/s1. The number of rotatable bonds is 24. The van der Waals surface area contributed by atoms with Crippen LogP contribution in [-0.2, 0) is 67.8 Å². The van der Waals surface area contributed by atoms with Gasteiger partial charge in [0.05, 0.1) is 50.5 Å². The fourth-order valence-electron chi connectivity index (χ4n) is 16.2. The van der Waals surface area contributed by atoms with E-state index in [1.54, 1.807) is 0 Å². The van der Waals surface area contributed by atoms with Crippen molar-refractivity contribution in [1.29, 1.82) is 0 Å². The van der Waals surface area contributed by atoms with Gasteiger partial charge >= 0.3 is 0 Å². The number of carbonyl (C=O) groups is 2. The quantitative estimate of drug-likeness (QED) is 0.0272. The van der Waals surface area contributed by atoms with Gasteiger partial charge in [0.25, 0.3) is 0 Å². The molecule has 12 fully saturated rings. The Morgan fingerprint density at radius 1 is 0.544 bits per heavy atom. The molecule has 8 bridgehead atoms. The molecule has 0 saturated carbocycles. The van der Waals surface area contributed by atoms with E-state index in [2.05, 4.69) is 108 Å². The SMILES string of the molecule is CC1(C)C(=CC=CC=CC=CC2=[N+](CCC(=O)NCCCO[C@H]3[C@H]4CCCOC5[C@@H](CO)OC(OC([C@@H](CO)O4)[C@@H]3O)[C@H](O)[C@H]5O)c3ccc4ccccc4c3C2(C)C)N(CCC(=O)NCCCO[C@H]2[C@H]3OC4[C@@H](CO)OC(CCCO[C@@H]([C@@H]2O)[C@@H](CO)O3)[C@H](O)[C@H]4O)c2ccc3ccccc3c21. The molecule has 4 aromatic rings. The average molecular weight is 1440 g/mol. The van der Waals surface area contributed by atoms with Gasteiger partial charge < -0.3 is 114 Å². The maximum Gasteiger partial charge on any atom is 0.226 e. The summed E-state index contributed by atoms with van der Waals surface area (Å²) in [5, 5.41) is 119. The molecule has 18 rings (SSSR count). The number of fused-ring (bicyclic) bond motifs is 6. The number of nitrogens with one attached hydrogen (secondary N) is 2. The molecule has 5 unspecified atom stereocenters. The number of aliphatic hydroxyl groups excluding tert-OH is 10. The highest BCUT2D eigenvalue weighted by molar-refractivity contribution is 6.07. The van der Waals surface area contributed by atoms with E-state index < -0.39 is 160 Å². The number of hydrogen-bond acceptors (Lipinski definition) is 23. The molecular weight excluding hydrogens is 1330 g/mol. The fraction of sp³-hybridized carbons (Fsp3) is 0.597. The van der Waals surface area contributed by atoms with Gasteiger partial charge in [-0.1, -0.05) is 98.8 Å². The van der Waals surface area contributed by atoms with Gasteiger partial charge in [-0.2, -0.15) is 4.58 Å². The summed E-state index contributed by atoms with van der Waals surface area (Å²) in [7, 11) is 0. The predicted octanol–water partition coefficient (Wildman–Crippen LogP) is 2.53. The highest BCUT2D eigenvalue weighted by Gasteiger charge is 2.55. The van der Waals surface area contributed by atoms with Crippen LogP contribution >= 0.6 is 0 Å². The molecule has 14 aliphatic rings. The average Bonchev–Trinajstić information content (AvgIpc) is 1.58. The van der Waals surface area contributed by atoms with Crippen LogP contribution in [0.1, 0.15) is 90.2 Å². The largest absolute Gasteiger partial charge is 0.394 e. The van der Waals surface area contributed by atoms with E-state index >= 15 is 0 Å². The molecular formula is C77H103N4O22+. The number of aliphatic hydroxyl groups is 10. The Hall–Kier alpha value is -6.03. The Morgan fingerprint density at radius 2 is 1.07 bits per heavy atom. The maximum atomic E-state index is 13.8. The molecule has 12 saturated heterocycles. The van der Waals surface area contributed by atoms with Crippen molar-refractivity contribution in [2.24, 2.45) is 0 Å². The molecule has 20 atom stereocenters. The molecule has 14 aliphatic heterocycles. The van der Waals surface area contributed by atoms with Crippen molar-refractivity contribution in [3.63, 3.8) is 0 Å². The van der Waals surface area contributed by atoms with Gasteiger partial charge in [0, 0.05) is 87.0 Å². The van der Waals surface area contributed by atoms with Crippen molar-refractivity contribution >= 4 is 50.4 Å². The minimum absolute atomic E-state index is 0.0438. The maximum absolute atomic E-state index is 13.8. The monoisotopic (exact) mass is 1440 g/mol. The van der Waals surface area contributed by atoms with E-state index in [0.717, 1.165) is 49.9 Å². The van der Waals surface area contributed by atoms with Crippen LogP contribution in [0, 0.1) is 0 Å². The van der Waals surface area contributed by atoms with E-state index in [1.807, 2.05) is 54.6 Å². The summed E-state index contributed by atoms with van der Waals surface area (Å²) >= 11 is 0.